The first kappa shape index (κ1) is 11.6. The molecule has 1 rings (SSSR count). The fraction of sp³-hybridized carbons (Fsp3) is 0. The van der Waals surface area contributed by atoms with Crippen LogP contribution in [0.3, 0.4) is 0 Å². The molecule has 0 aromatic heterocycles. The molecule has 1 aromatic carbocycles. The number of allylic oxidation sites excluding steroid dienone is 1. The molecule has 0 atom stereocenters. The van der Waals surface area contributed by atoms with Gasteiger partial charge >= 0.3 is 5.97 Å². The zero-order valence-electron chi connectivity index (χ0n) is 7.37. The number of carboxylic acid groups (broad SMARTS) is 1. The minimum atomic E-state index is -1.18. The lowest BCUT2D eigenvalue weighted by molar-refractivity contribution is -0.131. The zero-order chi connectivity index (χ0) is 11.4. The first-order valence-corrected chi connectivity index (χ1v) is 4.60. The van der Waals surface area contributed by atoms with Crippen molar-refractivity contribution in [3.05, 3.63) is 39.9 Å². The summed E-state index contributed by atoms with van der Waals surface area (Å²) in [6, 6.07) is 6.26. The van der Waals surface area contributed by atoms with Crippen LogP contribution in [0.1, 0.15) is 5.56 Å². The van der Waals surface area contributed by atoms with E-state index in [9.17, 15) is 4.79 Å². The number of carboxylic acids is 1. The van der Waals surface area contributed by atoms with Crippen molar-refractivity contribution in [3.8, 4) is 6.07 Å². The Kier molecular flexibility index (Phi) is 3.73. The maximum Gasteiger partial charge on any atom is 0.329 e. The summed E-state index contributed by atoms with van der Waals surface area (Å²) in [6.07, 6.45) is 0.819. The molecular formula is C10H5Cl2NO2. The molecule has 0 fully saturated rings. The predicted octanol–water partition coefficient (Wildman–Crippen LogP) is 2.98. The average molecular weight is 242 g/mol. The van der Waals surface area contributed by atoms with Crippen molar-refractivity contribution < 1.29 is 9.90 Å². The van der Waals surface area contributed by atoms with Gasteiger partial charge in [-0.05, 0) is 17.7 Å². The molecule has 0 aliphatic heterocycles. The summed E-state index contributed by atoms with van der Waals surface area (Å²) in [4.78, 5) is 10.4. The molecule has 0 bridgehead atoms. The lowest BCUT2D eigenvalue weighted by atomic mass is 10.1. The smallest absolute Gasteiger partial charge is 0.329 e. The first-order valence-electron chi connectivity index (χ1n) is 3.84. The fourth-order valence-corrected chi connectivity index (χ4v) is 1.27. The molecule has 0 saturated carbocycles. The van der Waals surface area contributed by atoms with Crippen LogP contribution in [-0.4, -0.2) is 11.1 Å². The summed E-state index contributed by atoms with van der Waals surface area (Å²) in [5.74, 6) is -1.18. The summed E-state index contributed by atoms with van der Waals surface area (Å²) in [7, 11) is 0. The van der Waals surface area contributed by atoms with E-state index in [0.29, 0.717) is 10.6 Å². The SMILES string of the molecule is N#C/C(=C/C(=O)O)c1ccc(Cl)c(Cl)c1. The maximum absolute atomic E-state index is 10.4. The van der Waals surface area contributed by atoms with Crippen LogP contribution in [0.5, 0.6) is 0 Å². The van der Waals surface area contributed by atoms with Gasteiger partial charge < -0.3 is 5.11 Å². The molecule has 0 saturated heterocycles. The van der Waals surface area contributed by atoms with Crippen LogP contribution in [0.2, 0.25) is 10.0 Å². The molecule has 5 heteroatoms. The third-order valence-electron chi connectivity index (χ3n) is 1.62. The minimum absolute atomic E-state index is 0.0288. The van der Waals surface area contributed by atoms with Crippen LogP contribution in [0.15, 0.2) is 24.3 Å². The molecule has 3 nitrogen and oxygen atoms in total. The normalized spacial score (nSPS) is 10.9. The van der Waals surface area contributed by atoms with Gasteiger partial charge in [0, 0.05) is 6.08 Å². The number of nitriles is 1. The highest BCUT2D eigenvalue weighted by molar-refractivity contribution is 6.42. The van der Waals surface area contributed by atoms with E-state index in [1.165, 1.54) is 18.2 Å². The van der Waals surface area contributed by atoms with Gasteiger partial charge in [0.25, 0.3) is 0 Å². The van der Waals surface area contributed by atoms with E-state index in [0.717, 1.165) is 6.08 Å². The van der Waals surface area contributed by atoms with E-state index in [1.54, 1.807) is 6.07 Å². The third-order valence-corrected chi connectivity index (χ3v) is 2.36. The number of aliphatic carboxylic acids is 1. The average Bonchev–Trinajstić information content (AvgIpc) is 2.18. The molecule has 0 unspecified atom stereocenters. The molecule has 0 amide bonds. The van der Waals surface area contributed by atoms with Gasteiger partial charge in [0.2, 0.25) is 0 Å². The number of nitrogens with zero attached hydrogens (tertiary/aromatic N) is 1. The molecule has 0 spiro atoms. The van der Waals surface area contributed by atoms with Crippen molar-refractivity contribution in [3.63, 3.8) is 0 Å². The van der Waals surface area contributed by atoms with Gasteiger partial charge in [0.1, 0.15) is 6.07 Å². The van der Waals surface area contributed by atoms with E-state index >= 15 is 0 Å². The minimum Gasteiger partial charge on any atom is -0.478 e. The standard InChI is InChI=1S/C10H5Cl2NO2/c11-8-2-1-6(3-9(8)12)7(5-13)4-10(14)15/h1-4H,(H,14,15)/b7-4-. The Morgan fingerprint density at radius 2 is 2.07 bits per heavy atom. The van der Waals surface area contributed by atoms with Crippen LogP contribution in [0.25, 0.3) is 5.57 Å². The maximum atomic E-state index is 10.4. The Balaban J connectivity index is 3.21. The second-order valence-electron chi connectivity index (χ2n) is 2.64. The first-order chi connectivity index (χ1) is 7.04. The van der Waals surface area contributed by atoms with E-state index in [4.69, 9.17) is 33.6 Å². The van der Waals surface area contributed by atoms with Gasteiger partial charge in [-0.1, -0.05) is 29.3 Å². The van der Waals surface area contributed by atoms with Crippen LogP contribution in [0.4, 0.5) is 0 Å². The summed E-state index contributed by atoms with van der Waals surface area (Å²) in [6.45, 7) is 0. The van der Waals surface area contributed by atoms with Crippen LogP contribution in [0, 0.1) is 11.3 Å². The largest absolute Gasteiger partial charge is 0.478 e. The topological polar surface area (TPSA) is 61.1 Å². The van der Waals surface area contributed by atoms with Gasteiger partial charge in [0.05, 0.1) is 15.6 Å². The highest BCUT2D eigenvalue weighted by Crippen LogP contribution is 2.25. The lowest BCUT2D eigenvalue weighted by Gasteiger charge is -2.00. The number of halogens is 2. The Hall–Kier alpha value is -1.50. The molecule has 15 heavy (non-hydrogen) atoms. The fourth-order valence-electron chi connectivity index (χ4n) is 0.967. The van der Waals surface area contributed by atoms with E-state index in [-0.39, 0.29) is 10.6 Å². The van der Waals surface area contributed by atoms with Crippen molar-refractivity contribution in [1.29, 1.82) is 5.26 Å². The number of benzene rings is 1. The Morgan fingerprint density at radius 1 is 1.40 bits per heavy atom. The second-order valence-corrected chi connectivity index (χ2v) is 3.45. The second kappa shape index (κ2) is 4.83. The summed E-state index contributed by atoms with van der Waals surface area (Å²) < 4.78 is 0. The number of hydrogen-bond acceptors (Lipinski definition) is 2. The summed E-state index contributed by atoms with van der Waals surface area (Å²) >= 11 is 11.4. The Bertz CT molecular complexity index is 475. The Morgan fingerprint density at radius 3 is 2.53 bits per heavy atom. The number of rotatable bonds is 2. The van der Waals surface area contributed by atoms with E-state index < -0.39 is 5.97 Å². The molecule has 0 heterocycles. The van der Waals surface area contributed by atoms with E-state index in [1.807, 2.05) is 0 Å². The van der Waals surface area contributed by atoms with Crippen molar-refractivity contribution in [1.82, 2.24) is 0 Å². The molecule has 1 N–H and O–H groups in total. The van der Waals surface area contributed by atoms with Crippen molar-refractivity contribution >= 4 is 34.7 Å². The quantitative estimate of drug-likeness (QED) is 0.640. The van der Waals surface area contributed by atoms with E-state index in [2.05, 4.69) is 0 Å². The van der Waals surface area contributed by atoms with Gasteiger partial charge in [0.15, 0.2) is 0 Å². The summed E-state index contributed by atoms with van der Waals surface area (Å²) in [5, 5.41) is 17.9. The number of hydrogen-bond donors (Lipinski definition) is 1. The molecule has 0 aliphatic carbocycles. The number of carbonyl (C=O) groups is 1. The molecule has 0 aliphatic rings. The highest BCUT2D eigenvalue weighted by Gasteiger charge is 2.05. The van der Waals surface area contributed by atoms with Gasteiger partial charge in [-0.15, -0.1) is 0 Å². The van der Waals surface area contributed by atoms with Gasteiger partial charge in [-0.25, -0.2) is 4.79 Å². The van der Waals surface area contributed by atoms with Crippen LogP contribution >= 0.6 is 23.2 Å². The predicted molar refractivity (Wildman–Crippen MR) is 57.7 cm³/mol. The molecular weight excluding hydrogens is 237 g/mol. The summed E-state index contributed by atoms with van der Waals surface area (Å²) in [5.41, 5.74) is 0.454. The monoisotopic (exact) mass is 241 g/mol. The van der Waals surface area contributed by atoms with Gasteiger partial charge in [-0.3, -0.25) is 0 Å². The molecule has 0 radical (unpaired) electrons. The third kappa shape index (κ3) is 2.98. The zero-order valence-corrected chi connectivity index (χ0v) is 8.88. The van der Waals surface area contributed by atoms with Crippen LogP contribution < -0.4 is 0 Å². The highest BCUT2D eigenvalue weighted by atomic mass is 35.5. The van der Waals surface area contributed by atoms with Gasteiger partial charge in [-0.2, -0.15) is 5.26 Å². The van der Waals surface area contributed by atoms with Crippen molar-refractivity contribution in [2.75, 3.05) is 0 Å². The Labute approximate surface area is 96.2 Å². The van der Waals surface area contributed by atoms with Crippen LogP contribution in [-0.2, 0) is 4.79 Å². The van der Waals surface area contributed by atoms with Crippen molar-refractivity contribution in [2.45, 2.75) is 0 Å². The lowest BCUT2D eigenvalue weighted by Crippen LogP contribution is -1.91. The molecule has 76 valence electrons. The van der Waals surface area contributed by atoms with Crippen molar-refractivity contribution in [2.24, 2.45) is 0 Å². The molecule has 1 aromatic rings.